The second kappa shape index (κ2) is 8.41. The van der Waals surface area contributed by atoms with Gasteiger partial charge in [-0.1, -0.05) is 24.1 Å². The van der Waals surface area contributed by atoms with E-state index in [-0.39, 0.29) is 5.97 Å². The third-order valence-corrected chi connectivity index (χ3v) is 4.72. The first-order valence-corrected chi connectivity index (χ1v) is 9.17. The molecule has 1 aromatic heterocycles. The van der Waals surface area contributed by atoms with Crippen LogP contribution >= 0.6 is 11.6 Å². The summed E-state index contributed by atoms with van der Waals surface area (Å²) in [4.78, 5) is 14.9. The van der Waals surface area contributed by atoms with Gasteiger partial charge < -0.3 is 20.4 Å². The average Bonchev–Trinajstić information content (AvgIpc) is 3.10. The molecule has 1 aliphatic rings. The number of hydrogen-bond donors (Lipinski definition) is 3. The zero-order valence-corrected chi connectivity index (χ0v) is 15.2. The first-order chi connectivity index (χ1) is 12.2. The molecule has 0 spiro atoms. The van der Waals surface area contributed by atoms with E-state index in [1.807, 2.05) is 18.2 Å². The number of piperidine rings is 1. The van der Waals surface area contributed by atoms with Crippen molar-refractivity contribution in [3.63, 3.8) is 0 Å². The molecule has 2 heterocycles. The molecule has 0 amide bonds. The maximum absolute atomic E-state index is 12.0. The highest BCUT2D eigenvalue weighted by Gasteiger charge is 2.19. The van der Waals surface area contributed by atoms with E-state index < -0.39 is 0 Å². The van der Waals surface area contributed by atoms with Crippen molar-refractivity contribution < 1.29 is 9.53 Å². The fraction of sp³-hybridized carbons (Fsp3) is 0.421. The van der Waals surface area contributed by atoms with E-state index in [4.69, 9.17) is 16.3 Å². The Morgan fingerprint density at radius 1 is 1.36 bits per heavy atom. The quantitative estimate of drug-likeness (QED) is 0.672. The van der Waals surface area contributed by atoms with Gasteiger partial charge in [0.15, 0.2) is 0 Å². The Morgan fingerprint density at radius 2 is 2.24 bits per heavy atom. The highest BCUT2D eigenvalue weighted by Crippen LogP contribution is 2.29. The van der Waals surface area contributed by atoms with Crippen LogP contribution in [0.25, 0.3) is 0 Å². The number of carbonyl (C=O) groups is 1. The van der Waals surface area contributed by atoms with Gasteiger partial charge in [-0.15, -0.1) is 0 Å². The molecule has 1 atom stereocenters. The van der Waals surface area contributed by atoms with Crippen LogP contribution in [0.4, 0.5) is 5.69 Å². The molecule has 1 aromatic carbocycles. The number of H-pyrrole nitrogens is 1. The number of aromatic amines is 1. The Labute approximate surface area is 153 Å². The largest absolute Gasteiger partial charge is 0.461 e. The van der Waals surface area contributed by atoms with Crippen molar-refractivity contribution in [3.8, 4) is 0 Å². The average molecular weight is 362 g/mol. The summed E-state index contributed by atoms with van der Waals surface area (Å²) in [6.07, 6.45) is 5.30. The molecular formula is C19H24ClN3O2. The molecule has 134 valence electrons. The SMILES string of the molecule is CCOC(=O)c1[nH]ccc1NCc1ccc(Cl)cc1C1CCCCN1. The molecule has 25 heavy (non-hydrogen) atoms. The number of ether oxygens (including phenoxy) is 1. The van der Waals surface area contributed by atoms with Gasteiger partial charge >= 0.3 is 5.97 Å². The third-order valence-electron chi connectivity index (χ3n) is 4.49. The van der Waals surface area contributed by atoms with E-state index in [1.165, 1.54) is 24.0 Å². The summed E-state index contributed by atoms with van der Waals surface area (Å²) >= 11 is 6.22. The summed E-state index contributed by atoms with van der Waals surface area (Å²) in [5, 5.41) is 7.67. The van der Waals surface area contributed by atoms with Gasteiger partial charge in [0.05, 0.1) is 12.3 Å². The topological polar surface area (TPSA) is 66.2 Å². The van der Waals surface area contributed by atoms with E-state index in [0.717, 1.165) is 23.7 Å². The second-order valence-corrected chi connectivity index (χ2v) is 6.62. The van der Waals surface area contributed by atoms with Crippen LogP contribution in [-0.4, -0.2) is 24.1 Å². The van der Waals surface area contributed by atoms with E-state index in [0.29, 0.717) is 24.9 Å². The third kappa shape index (κ3) is 4.35. The van der Waals surface area contributed by atoms with E-state index in [2.05, 4.69) is 21.7 Å². The maximum Gasteiger partial charge on any atom is 0.356 e. The van der Waals surface area contributed by atoms with Crippen LogP contribution in [0.5, 0.6) is 0 Å². The lowest BCUT2D eigenvalue weighted by atomic mass is 9.93. The lowest BCUT2D eigenvalue weighted by Gasteiger charge is -2.26. The van der Waals surface area contributed by atoms with Crippen molar-refractivity contribution in [2.75, 3.05) is 18.5 Å². The van der Waals surface area contributed by atoms with Gasteiger partial charge in [0.2, 0.25) is 0 Å². The smallest absolute Gasteiger partial charge is 0.356 e. The highest BCUT2D eigenvalue weighted by molar-refractivity contribution is 6.30. The Kier molecular flexibility index (Phi) is 6.00. The molecule has 6 heteroatoms. The minimum atomic E-state index is -0.347. The normalized spacial score (nSPS) is 17.3. The number of anilines is 1. The van der Waals surface area contributed by atoms with E-state index in [9.17, 15) is 4.79 Å². The summed E-state index contributed by atoms with van der Waals surface area (Å²) in [6.45, 7) is 3.81. The Bertz CT molecular complexity index is 723. The van der Waals surface area contributed by atoms with Crippen LogP contribution < -0.4 is 10.6 Å². The molecular weight excluding hydrogens is 338 g/mol. The zero-order chi connectivity index (χ0) is 17.6. The van der Waals surface area contributed by atoms with Crippen molar-refractivity contribution in [1.29, 1.82) is 0 Å². The minimum Gasteiger partial charge on any atom is -0.461 e. The number of rotatable bonds is 6. The Balaban J connectivity index is 1.75. The van der Waals surface area contributed by atoms with Gasteiger partial charge in [0, 0.05) is 23.8 Å². The Morgan fingerprint density at radius 3 is 3.00 bits per heavy atom. The summed E-state index contributed by atoms with van der Waals surface area (Å²) in [7, 11) is 0. The number of halogens is 1. The number of hydrogen-bond acceptors (Lipinski definition) is 4. The minimum absolute atomic E-state index is 0.333. The lowest BCUT2D eigenvalue weighted by molar-refractivity contribution is 0.0521. The van der Waals surface area contributed by atoms with Crippen LogP contribution in [0.1, 0.15) is 53.8 Å². The molecule has 1 aliphatic heterocycles. The summed E-state index contributed by atoms with van der Waals surface area (Å²) < 4.78 is 5.08. The fourth-order valence-electron chi connectivity index (χ4n) is 3.25. The van der Waals surface area contributed by atoms with Crippen LogP contribution in [0.2, 0.25) is 5.02 Å². The van der Waals surface area contributed by atoms with Crippen LogP contribution in [0, 0.1) is 0 Å². The number of aromatic nitrogens is 1. The van der Waals surface area contributed by atoms with Gasteiger partial charge in [0.1, 0.15) is 5.69 Å². The van der Waals surface area contributed by atoms with Crippen LogP contribution in [-0.2, 0) is 11.3 Å². The summed E-state index contributed by atoms with van der Waals surface area (Å²) in [5.41, 5.74) is 3.61. The van der Waals surface area contributed by atoms with Gasteiger partial charge in [-0.05, 0) is 55.6 Å². The molecule has 0 saturated carbocycles. The lowest BCUT2D eigenvalue weighted by Crippen LogP contribution is -2.27. The standard InChI is InChI=1S/C19H24ClN3O2/c1-2-25-19(24)18-17(8-10-22-18)23-12-13-6-7-14(20)11-15(13)16-5-3-4-9-21-16/h6-8,10-11,16,21-23H,2-5,9,12H2,1H3. The van der Waals surface area contributed by atoms with Crippen LogP contribution in [0.3, 0.4) is 0 Å². The monoisotopic (exact) mass is 361 g/mol. The number of benzene rings is 1. The molecule has 3 rings (SSSR count). The second-order valence-electron chi connectivity index (χ2n) is 6.19. The molecule has 0 bridgehead atoms. The van der Waals surface area contributed by atoms with Gasteiger partial charge in [-0.2, -0.15) is 0 Å². The maximum atomic E-state index is 12.0. The van der Waals surface area contributed by atoms with Crippen molar-refractivity contribution in [2.24, 2.45) is 0 Å². The van der Waals surface area contributed by atoms with Crippen molar-refractivity contribution in [1.82, 2.24) is 10.3 Å². The molecule has 1 fully saturated rings. The van der Waals surface area contributed by atoms with E-state index >= 15 is 0 Å². The van der Waals surface area contributed by atoms with Gasteiger partial charge in [-0.25, -0.2) is 4.79 Å². The number of esters is 1. The van der Waals surface area contributed by atoms with Crippen molar-refractivity contribution in [2.45, 2.75) is 38.8 Å². The molecule has 5 nitrogen and oxygen atoms in total. The first-order valence-electron chi connectivity index (χ1n) is 8.79. The van der Waals surface area contributed by atoms with E-state index in [1.54, 1.807) is 13.1 Å². The van der Waals surface area contributed by atoms with Gasteiger partial charge in [-0.3, -0.25) is 0 Å². The van der Waals surface area contributed by atoms with Gasteiger partial charge in [0.25, 0.3) is 0 Å². The molecule has 1 unspecified atom stereocenters. The molecule has 0 aliphatic carbocycles. The molecule has 2 aromatic rings. The highest BCUT2D eigenvalue weighted by atomic mass is 35.5. The van der Waals surface area contributed by atoms with Crippen molar-refractivity contribution >= 4 is 23.3 Å². The number of carbonyl (C=O) groups excluding carboxylic acids is 1. The van der Waals surface area contributed by atoms with Crippen LogP contribution in [0.15, 0.2) is 30.5 Å². The molecule has 1 saturated heterocycles. The fourth-order valence-corrected chi connectivity index (χ4v) is 3.43. The predicted molar refractivity (Wildman–Crippen MR) is 100 cm³/mol. The van der Waals surface area contributed by atoms with Crippen molar-refractivity contribution in [3.05, 3.63) is 52.3 Å². The summed E-state index contributed by atoms with van der Waals surface area (Å²) in [6, 6.07) is 8.19. The zero-order valence-electron chi connectivity index (χ0n) is 14.4. The molecule has 0 radical (unpaired) electrons. The number of nitrogens with one attached hydrogen (secondary N) is 3. The first kappa shape index (κ1) is 17.8. The molecule has 3 N–H and O–H groups in total. The summed E-state index contributed by atoms with van der Waals surface area (Å²) in [5.74, 6) is -0.347. The predicted octanol–water partition coefficient (Wildman–Crippen LogP) is 4.27. The Hall–Kier alpha value is -1.98.